The summed E-state index contributed by atoms with van der Waals surface area (Å²) in [6.07, 6.45) is 0.0147. The SMILES string of the molecule is CCCOc1ccc(S(=O)(=O)NCC(O)COC)cc1. The summed E-state index contributed by atoms with van der Waals surface area (Å²) in [5.41, 5.74) is 0. The molecule has 7 heteroatoms. The van der Waals surface area contributed by atoms with Crippen molar-refractivity contribution in [3.8, 4) is 5.75 Å². The average Bonchev–Trinajstić information content (AvgIpc) is 2.44. The number of hydrogen-bond donors (Lipinski definition) is 2. The van der Waals surface area contributed by atoms with Crippen molar-refractivity contribution in [1.29, 1.82) is 0 Å². The molecule has 6 nitrogen and oxygen atoms in total. The molecule has 114 valence electrons. The zero-order valence-corrected chi connectivity index (χ0v) is 12.5. The molecule has 0 fully saturated rings. The quantitative estimate of drug-likeness (QED) is 0.703. The van der Waals surface area contributed by atoms with Crippen LogP contribution in [0.2, 0.25) is 0 Å². The lowest BCUT2D eigenvalue weighted by Gasteiger charge is -2.11. The van der Waals surface area contributed by atoms with Gasteiger partial charge in [-0.3, -0.25) is 0 Å². The summed E-state index contributed by atoms with van der Waals surface area (Å²) in [4.78, 5) is 0.131. The van der Waals surface area contributed by atoms with Crippen molar-refractivity contribution in [2.45, 2.75) is 24.3 Å². The van der Waals surface area contributed by atoms with Crippen molar-refractivity contribution in [1.82, 2.24) is 4.72 Å². The maximum atomic E-state index is 12.0. The number of ether oxygens (including phenoxy) is 2. The lowest BCUT2D eigenvalue weighted by molar-refractivity contribution is 0.0679. The number of aliphatic hydroxyl groups excluding tert-OH is 1. The van der Waals surface area contributed by atoms with Crippen molar-refractivity contribution in [3.05, 3.63) is 24.3 Å². The maximum Gasteiger partial charge on any atom is 0.240 e. The normalized spacial score (nSPS) is 13.2. The molecule has 0 aromatic heterocycles. The third kappa shape index (κ3) is 5.46. The minimum atomic E-state index is -3.63. The van der Waals surface area contributed by atoms with Crippen LogP contribution in [0, 0.1) is 0 Å². The summed E-state index contributed by atoms with van der Waals surface area (Å²) < 4.78 is 36.4. The van der Waals surface area contributed by atoms with Crippen LogP contribution < -0.4 is 9.46 Å². The third-order valence-corrected chi connectivity index (χ3v) is 3.91. The Balaban J connectivity index is 2.63. The van der Waals surface area contributed by atoms with Crippen LogP contribution in [0.5, 0.6) is 5.75 Å². The highest BCUT2D eigenvalue weighted by molar-refractivity contribution is 7.89. The zero-order chi connectivity index (χ0) is 15.0. The van der Waals surface area contributed by atoms with Crippen molar-refractivity contribution < 1.29 is 23.0 Å². The largest absolute Gasteiger partial charge is 0.494 e. The van der Waals surface area contributed by atoms with E-state index in [9.17, 15) is 13.5 Å². The Morgan fingerprint density at radius 2 is 1.95 bits per heavy atom. The minimum Gasteiger partial charge on any atom is -0.494 e. The van der Waals surface area contributed by atoms with Crippen LogP contribution in [0.15, 0.2) is 29.2 Å². The number of rotatable bonds is 9. The number of methoxy groups -OCH3 is 1. The Hall–Kier alpha value is -1.15. The second-order valence-corrected chi connectivity index (χ2v) is 6.05. The van der Waals surface area contributed by atoms with Crippen LogP contribution >= 0.6 is 0 Å². The molecule has 1 atom stereocenters. The average molecular weight is 303 g/mol. The van der Waals surface area contributed by atoms with E-state index in [1.54, 1.807) is 12.1 Å². The number of nitrogens with one attached hydrogen (secondary N) is 1. The lowest BCUT2D eigenvalue weighted by Crippen LogP contribution is -2.34. The van der Waals surface area contributed by atoms with Crippen LogP contribution in [-0.4, -0.2) is 46.5 Å². The molecule has 0 bridgehead atoms. The molecule has 0 radical (unpaired) electrons. The van der Waals surface area contributed by atoms with E-state index < -0.39 is 16.1 Å². The van der Waals surface area contributed by atoms with Gasteiger partial charge in [0.1, 0.15) is 5.75 Å². The van der Waals surface area contributed by atoms with E-state index >= 15 is 0 Å². The minimum absolute atomic E-state index is 0.0757. The number of benzene rings is 1. The lowest BCUT2D eigenvalue weighted by atomic mass is 10.3. The Morgan fingerprint density at radius 1 is 1.30 bits per heavy atom. The zero-order valence-electron chi connectivity index (χ0n) is 11.7. The van der Waals surface area contributed by atoms with Crippen LogP contribution in [0.1, 0.15) is 13.3 Å². The smallest absolute Gasteiger partial charge is 0.240 e. The number of hydrogen-bond acceptors (Lipinski definition) is 5. The summed E-state index contributed by atoms with van der Waals surface area (Å²) in [5, 5.41) is 9.43. The molecular formula is C13H21NO5S. The molecule has 2 N–H and O–H groups in total. The maximum absolute atomic E-state index is 12.0. The van der Waals surface area contributed by atoms with Gasteiger partial charge in [0.2, 0.25) is 10.0 Å². The monoisotopic (exact) mass is 303 g/mol. The molecule has 1 aromatic carbocycles. The van der Waals surface area contributed by atoms with Crippen LogP contribution in [0.3, 0.4) is 0 Å². The van der Waals surface area contributed by atoms with Gasteiger partial charge in [-0.25, -0.2) is 13.1 Å². The molecule has 0 aliphatic carbocycles. The van der Waals surface area contributed by atoms with Gasteiger partial charge >= 0.3 is 0 Å². The summed E-state index contributed by atoms with van der Waals surface area (Å²) >= 11 is 0. The van der Waals surface area contributed by atoms with Crippen molar-refractivity contribution in [3.63, 3.8) is 0 Å². The van der Waals surface area contributed by atoms with Gasteiger partial charge in [-0.2, -0.15) is 0 Å². The summed E-state index contributed by atoms with van der Waals surface area (Å²) in [6.45, 7) is 2.57. The first-order chi connectivity index (χ1) is 9.49. The molecule has 0 saturated heterocycles. The highest BCUT2D eigenvalue weighted by Gasteiger charge is 2.15. The van der Waals surface area contributed by atoms with Crippen LogP contribution in [0.25, 0.3) is 0 Å². The van der Waals surface area contributed by atoms with Gasteiger partial charge in [0.25, 0.3) is 0 Å². The van der Waals surface area contributed by atoms with E-state index in [1.165, 1.54) is 19.2 Å². The molecule has 0 heterocycles. The molecule has 0 spiro atoms. The Morgan fingerprint density at radius 3 is 2.50 bits per heavy atom. The molecule has 0 aliphatic rings. The van der Waals surface area contributed by atoms with E-state index in [2.05, 4.69) is 4.72 Å². The predicted molar refractivity (Wildman–Crippen MR) is 75.3 cm³/mol. The van der Waals surface area contributed by atoms with Crippen molar-refractivity contribution >= 4 is 10.0 Å². The highest BCUT2D eigenvalue weighted by Crippen LogP contribution is 2.16. The molecule has 1 rings (SSSR count). The Bertz CT molecular complexity index is 486. The molecule has 1 aromatic rings. The van der Waals surface area contributed by atoms with Gasteiger partial charge in [0.15, 0.2) is 0 Å². The van der Waals surface area contributed by atoms with Gasteiger partial charge in [0.05, 0.1) is 24.2 Å². The molecule has 0 aliphatic heterocycles. The first-order valence-corrected chi connectivity index (χ1v) is 7.87. The number of sulfonamides is 1. The fourth-order valence-electron chi connectivity index (χ4n) is 1.48. The van der Waals surface area contributed by atoms with Crippen molar-refractivity contribution in [2.75, 3.05) is 26.9 Å². The predicted octanol–water partition coefficient (Wildman–Crippen LogP) is 0.761. The van der Waals surface area contributed by atoms with Gasteiger partial charge in [-0.05, 0) is 30.7 Å². The van der Waals surface area contributed by atoms with Gasteiger partial charge in [-0.1, -0.05) is 6.92 Å². The molecule has 1 unspecified atom stereocenters. The van der Waals surface area contributed by atoms with Crippen LogP contribution in [-0.2, 0) is 14.8 Å². The molecule has 20 heavy (non-hydrogen) atoms. The van der Waals surface area contributed by atoms with Crippen molar-refractivity contribution in [2.24, 2.45) is 0 Å². The fourth-order valence-corrected chi connectivity index (χ4v) is 2.55. The summed E-state index contributed by atoms with van der Waals surface area (Å²) in [5.74, 6) is 0.630. The molecule has 0 amide bonds. The van der Waals surface area contributed by atoms with E-state index in [0.717, 1.165) is 6.42 Å². The fraction of sp³-hybridized carbons (Fsp3) is 0.538. The third-order valence-electron chi connectivity index (χ3n) is 2.47. The Labute approximate surface area is 119 Å². The second-order valence-electron chi connectivity index (χ2n) is 4.28. The standard InChI is InChI=1S/C13H21NO5S/c1-3-8-19-12-4-6-13(7-5-12)20(16,17)14-9-11(15)10-18-2/h4-7,11,14-15H,3,8-10H2,1-2H3. The first kappa shape index (κ1) is 16.9. The van der Waals surface area contributed by atoms with Crippen LogP contribution in [0.4, 0.5) is 0 Å². The highest BCUT2D eigenvalue weighted by atomic mass is 32.2. The van der Waals surface area contributed by atoms with Gasteiger partial charge in [0, 0.05) is 13.7 Å². The Kier molecular flexibility index (Phi) is 6.94. The first-order valence-electron chi connectivity index (χ1n) is 6.39. The number of aliphatic hydroxyl groups is 1. The van der Waals surface area contributed by atoms with E-state index in [1.807, 2.05) is 6.92 Å². The molecule has 0 saturated carbocycles. The topological polar surface area (TPSA) is 84.9 Å². The molecular weight excluding hydrogens is 282 g/mol. The summed E-state index contributed by atoms with van der Waals surface area (Å²) in [7, 11) is -2.19. The van der Waals surface area contributed by atoms with E-state index in [0.29, 0.717) is 12.4 Å². The van der Waals surface area contributed by atoms with E-state index in [-0.39, 0.29) is 18.0 Å². The van der Waals surface area contributed by atoms with Gasteiger partial charge < -0.3 is 14.6 Å². The van der Waals surface area contributed by atoms with Gasteiger partial charge in [-0.15, -0.1) is 0 Å². The van der Waals surface area contributed by atoms with E-state index in [4.69, 9.17) is 9.47 Å². The second kappa shape index (κ2) is 8.21. The summed E-state index contributed by atoms with van der Waals surface area (Å²) in [6, 6.07) is 6.15.